The lowest BCUT2D eigenvalue weighted by Gasteiger charge is -2.16. The van der Waals surface area contributed by atoms with E-state index < -0.39 is 17.8 Å². The first-order chi connectivity index (χ1) is 11.7. The minimum Gasteiger partial charge on any atom is -0.478 e. The Morgan fingerprint density at radius 2 is 1.40 bits per heavy atom. The van der Waals surface area contributed by atoms with Crippen molar-refractivity contribution in [2.45, 2.75) is 0 Å². The van der Waals surface area contributed by atoms with Crippen LogP contribution in [0, 0.1) is 0 Å². The Morgan fingerprint density at radius 3 is 1.84 bits per heavy atom. The number of amides is 2. The topological polar surface area (TPSA) is 74.7 Å². The number of anilines is 1. The van der Waals surface area contributed by atoms with E-state index in [-0.39, 0.29) is 42.5 Å². The van der Waals surface area contributed by atoms with E-state index >= 15 is 0 Å². The van der Waals surface area contributed by atoms with Gasteiger partial charge in [0.1, 0.15) is 0 Å². The van der Waals surface area contributed by atoms with Crippen LogP contribution in [0.5, 0.6) is 0 Å². The van der Waals surface area contributed by atoms with Crippen molar-refractivity contribution < 1.29 is 19.5 Å². The van der Waals surface area contributed by atoms with Gasteiger partial charge in [-0.2, -0.15) is 0 Å². The summed E-state index contributed by atoms with van der Waals surface area (Å²) in [7, 11) is 0. The fourth-order valence-corrected chi connectivity index (χ4v) is 3.82. The highest BCUT2D eigenvalue weighted by molar-refractivity contribution is 9.10. The second-order valence-corrected chi connectivity index (χ2v) is 7.35. The van der Waals surface area contributed by atoms with Gasteiger partial charge in [-0.3, -0.25) is 9.59 Å². The third-order valence-electron chi connectivity index (χ3n) is 3.53. The van der Waals surface area contributed by atoms with E-state index in [0.717, 1.165) is 0 Å². The molecule has 0 fully saturated rings. The summed E-state index contributed by atoms with van der Waals surface area (Å²) in [5.74, 6) is -2.99. The average molecular weight is 484 g/mol. The maximum absolute atomic E-state index is 12.8. The molecule has 1 N–H and O–H groups in total. The van der Waals surface area contributed by atoms with Crippen molar-refractivity contribution in [3.8, 4) is 0 Å². The Labute approximate surface area is 169 Å². The Hall–Kier alpha value is -1.31. The average Bonchev–Trinajstić information content (AvgIpc) is 2.82. The van der Waals surface area contributed by atoms with Crippen LogP contribution in [0.25, 0.3) is 0 Å². The van der Waals surface area contributed by atoms with Gasteiger partial charge in [0, 0.05) is 4.47 Å². The van der Waals surface area contributed by atoms with Crippen LogP contribution >= 0.6 is 62.3 Å². The van der Waals surface area contributed by atoms with Gasteiger partial charge in [0.25, 0.3) is 11.8 Å². The molecule has 0 aliphatic carbocycles. The first-order valence-electron chi connectivity index (χ1n) is 6.44. The number of carboxylic acids is 1. The van der Waals surface area contributed by atoms with E-state index in [1.807, 2.05) is 0 Å². The number of carbonyl (C=O) groups is 3. The molecule has 25 heavy (non-hydrogen) atoms. The maximum atomic E-state index is 12.8. The lowest BCUT2D eigenvalue weighted by Crippen LogP contribution is -2.31. The predicted molar refractivity (Wildman–Crippen MR) is 98.7 cm³/mol. The zero-order valence-electron chi connectivity index (χ0n) is 11.7. The molecule has 0 bridgehead atoms. The number of benzene rings is 2. The molecule has 2 aromatic rings. The summed E-state index contributed by atoms with van der Waals surface area (Å²) in [6.07, 6.45) is 0. The van der Waals surface area contributed by atoms with Crippen LogP contribution < -0.4 is 4.90 Å². The molecule has 0 saturated heterocycles. The second-order valence-electron chi connectivity index (χ2n) is 4.92. The summed E-state index contributed by atoms with van der Waals surface area (Å²) in [6, 6.07) is 4.08. The minimum absolute atomic E-state index is 0.124. The quantitative estimate of drug-likeness (QED) is 0.344. The Morgan fingerprint density at radius 1 is 0.920 bits per heavy atom. The summed E-state index contributed by atoms with van der Waals surface area (Å²) in [6.45, 7) is 0. The van der Waals surface area contributed by atoms with Crippen molar-refractivity contribution in [3.63, 3.8) is 0 Å². The maximum Gasteiger partial charge on any atom is 0.337 e. The molecule has 0 unspecified atom stereocenters. The Balaban J connectivity index is 2.29. The first-order valence-corrected chi connectivity index (χ1v) is 8.74. The molecule has 10 heteroatoms. The SMILES string of the molecule is O=C(O)c1cc(Br)ccc1N1C(=O)c2c(Cl)c(Cl)c(Cl)c(Cl)c2C1=O. The lowest BCUT2D eigenvalue weighted by molar-refractivity contribution is 0.0698. The molecule has 5 nitrogen and oxygen atoms in total. The van der Waals surface area contributed by atoms with Crippen LogP contribution in [0.1, 0.15) is 31.1 Å². The molecule has 2 amide bonds. The highest BCUT2D eigenvalue weighted by Gasteiger charge is 2.43. The molecule has 3 rings (SSSR count). The molecule has 2 aromatic carbocycles. The van der Waals surface area contributed by atoms with E-state index in [0.29, 0.717) is 9.37 Å². The van der Waals surface area contributed by atoms with Crippen molar-refractivity contribution in [3.05, 3.63) is 59.5 Å². The highest BCUT2D eigenvalue weighted by Crippen LogP contribution is 2.46. The fourth-order valence-electron chi connectivity index (χ4n) is 2.44. The standard InChI is InChI=1S/C15H4BrCl4NO4/c16-4-1-2-6(5(3-4)15(24)25)21-13(22)7-8(14(21)23)10(18)12(20)11(19)9(7)17/h1-3H,(H,24,25). The monoisotopic (exact) mass is 481 g/mol. The number of fused-ring (bicyclic) bond motifs is 1. The number of rotatable bonds is 2. The molecule has 0 aromatic heterocycles. The number of hydrogen-bond donors (Lipinski definition) is 1. The zero-order valence-corrected chi connectivity index (χ0v) is 16.4. The van der Waals surface area contributed by atoms with Gasteiger partial charge in [-0.15, -0.1) is 0 Å². The van der Waals surface area contributed by atoms with Gasteiger partial charge in [0.05, 0.1) is 42.5 Å². The molecule has 0 spiro atoms. The number of imide groups is 1. The van der Waals surface area contributed by atoms with Gasteiger partial charge in [-0.1, -0.05) is 62.3 Å². The number of nitrogens with zero attached hydrogens (tertiary/aromatic N) is 1. The number of aromatic carboxylic acids is 1. The molecular formula is C15H4BrCl4NO4. The third-order valence-corrected chi connectivity index (χ3v) is 5.83. The van der Waals surface area contributed by atoms with E-state index in [1.165, 1.54) is 18.2 Å². The number of carboxylic acid groups (broad SMARTS) is 1. The van der Waals surface area contributed by atoms with Gasteiger partial charge in [-0.05, 0) is 18.2 Å². The van der Waals surface area contributed by atoms with Crippen LogP contribution in [0.3, 0.4) is 0 Å². The van der Waals surface area contributed by atoms with Gasteiger partial charge >= 0.3 is 5.97 Å². The molecule has 0 radical (unpaired) electrons. The van der Waals surface area contributed by atoms with E-state index in [4.69, 9.17) is 46.4 Å². The molecule has 0 atom stereocenters. The minimum atomic E-state index is -1.32. The fraction of sp³-hybridized carbons (Fsp3) is 0. The molecule has 1 aliphatic heterocycles. The molecule has 1 aliphatic rings. The van der Waals surface area contributed by atoms with Gasteiger partial charge in [0.2, 0.25) is 0 Å². The van der Waals surface area contributed by atoms with Crippen molar-refractivity contribution in [1.82, 2.24) is 0 Å². The lowest BCUT2D eigenvalue weighted by atomic mass is 10.1. The van der Waals surface area contributed by atoms with Crippen molar-refractivity contribution in [1.29, 1.82) is 0 Å². The van der Waals surface area contributed by atoms with Crippen molar-refractivity contribution in [2.24, 2.45) is 0 Å². The van der Waals surface area contributed by atoms with Gasteiger partial charge in [0.15, 0.2) is 0 Å². The summed E-state index contributed by atoms with van der Waals surface area (Å²) in [5.41, 5.74) is -0.815. The van der Waals surface area contributed by atoms with Gasteiger partial charge in [-0.25, -0.2) is 9.69 Å². The van der Waals surface area contributed by atoms with Crippen LogP contribution in [-0.4, -0.2) is 22.9 Å². The normalized spacial score (nSPS) is 13.4. The summed E-state index contributed by atoms with van der Waals surface area (Å²) >= 11 is 27.2. The largest absolute Gasteiger partial charge is 0.478 e. The van der Waals surface area contributed by atoms with Crippen LogP contribution in [-0.2, 0) is 0 Å². The predicted octanol–water partition coefficient (Wildman–Crippen LogP) is 5.56. The third kappa shape index (κ3) is 2.73. The number of halogens is 5. The van der Waals surface area contributed by atoms with Crippen LogP contribution in [0.4, 0.5) is 5.69 Å². The highest BCUT2D eigenvalue weighted by atomic mass is 79.9. The number of hydrogen-bond acceptors (Lipinski definition) is 3. The molecule has 0 saturated carbocycles. The van der Waals surface area contributed by atoms with E-state index in [2.05, 4.69) is 15.9 Å². The first kappa shape index (κ1) is 18.5. The summed E-state index contributed by atoms with van der Waals surface area (Å²) in [4.78, 5) is 37.7. The van der Waals surface area contributed by atoms with E-state index in [1.54, 1.807) is 0 Å². The summed E-state index contributed by atoms with van der Waals surface area (Å²) < 4.78 is 0.465. The van der Waals surface area contributed by atoms with Crippen LogP contribution in [0.2, 0.25) is 20.1 Å². The summed E-state index contributed by atoms with van der Waals surface area (Å²) in [5, 5.41) is 8.60. The zero-order chi connectivity index (χ0) is 18.6. The van der Waals surface area contributed by atoms with Crippen molar-refractivity contribution in [2.75, 3.05) is 4.90 Å². The molecular weight excluding hydrogens is 480 g/mol. The number of carbonyl (C=O) groups excluding carboxylic acids is 2. The Kier molecular flexibility index (Phi) is 4.77. The Bertz CT molecular complexity index is 945. The molecule has 1 heterocycles. The van der Waals surface area contributed by atoms with Crippen LogP contribution in [0.15, 0.2) is 22.7 Å². The van der Waals surface area contributed by atoms with E-state index in [9.17, 15) is 19.5 Å². The van der Waals surface area contributed by atoms with Crippen molar-refractivity contribution >= 4 is 85.8 Å². The second kappa shape index (κ2) is 6.45. The van der Waals surface area contributed by atoms with Gasteiger partial charge < -0.3 is 5.11 Å². The smallest absolute Gasteiger partial charge is 0.337 e. The molecule has 128 valence electrons.